The highest BCUT2D eigenvalue weighted by molar-refractivity contribution is 7.87. The molecule has 1 N–H and O–H groups in total. The minimum Gasteiger partial charge on any atom is -0.493 e. The van der Waals surface area contributed by atoms with Crippen LogP contribution in [0.3, 0.4) is 0 Å². The number of nitrogens with one attached hydrogen (secondary N) is 1. The van der Waals surface area contributed by atoms with Crippen LogP contribution >= 0.6 is 11.6 Å². The van der Waals surface area contributed by atoms with Crippen LogP contribution in [0.1, 0.15) is 15.9 Å². The number of halogens is 1. The first-order valence-corrected chi connectivity index (χ1v) is 10.4. The molecule has 3 aromatic carbocycles. The van der Waals surface area contributed by atoms with Crippen molar-refractivity contribution in [2.75, 3.05) is 7.11 Å². The summed E-state index contributed by atoms with van der Waals surface area (Å²) in [6.45, 7) is 0. The predicted molar refractivity (Wildman–Crippen MR) is 114 cm³/mol. The quantitative estimate of drug-likeness (QED) is 0.339. The van der Waals surface area contributed by atoms with Crippen molar-refractivity contribution in [3.8, 4) is 11.5 Å². The summed E-state index contributed by atoms with van der Waals surface area (Å²) in [5, 5.41) is 4.32. The van der Waals surface area contributed by atoms with Crippen molar-refractivity contribution in [3.05, 3.63) is 88.9 Å². The zero-order valence-electron chi connectivity index (χ0n) is 15.8. The van der Waals surface area contributed by atoms with Gasteiger partial charge < -0.3 is 8.92 Å². The van der Waals surface area contributed by atoms with E-state index in [1.807, 2.05) is 0 Å². The number of rotatable bonds is 7. The number of amides is 1. The van der Waals surface area contributed by atoms with Gasteiger partial charge in [-0.2, -0.15) is 13.5 Å². The molecule has 30 heavy (non-hydrogen) atoms. The molecule has 1 amide bonds. The van der Waals surface area contributed by atoms with Crippen LogP contribution in [0.15, 0.2) is 82.8 Å². The number of benzene rings is 3. The Hall–Kier alpha value is -3.36. The lowest BCUT2D eigenvalue weighted by Crippen LogP contribution is -2.17. The zero-order valence-corrected chi connectivity index (χ0v) is 17.4. The third kappa shape index (κ3) is 5.37. The van der Waals surface area contributed by atoms with Gasteiger partial charge in [0.15, 0.2) is 11.5 Å². The van der Waals surface area contributed by atoms with E-state index in [4.69, 9.17) is 20.5 Å². The molecule has 0 saturated heterocycles. The van der Waals surface area contributed by atoms with Crippen LogP contribution in [-0.2, 0) is 10.1 Å². The summed E-state index contributed by atoms with van der Waals surface area (Å²) in [5.74, 6) is -0.216. The van der Waals surface area contributed by atoms with E-state index in [1.54, 1.807) is 42.5 Å². The van der Waals surface area contributed by atoms with E-state index in [2.05, 4.69) is 10.5 Å². The van der Waals surface area contributed by atoms with Crippen molar-refractivity contribution in [1.29, 1.82) is 0 Å². The monoisotopic (exact) mass is 444 g/mol. The lowest BCUT2D eigenvalue weighted by Gasteiger charge is -2.11. The van der Waals surface area contributed by atoms with Crippen molar-refractivity contribution < 1.29 is 22.1 Å². The van der Waals surface area contributed by atoms with Gasteiger partial charge in [-0.3, -0.25) is 4.79 Å². The molecule has 0 aliphatic carbocycles. The SMILES string of the molecule is COc1ccc(/C=N\NC(=O)c2cccc(Cl)c2)cc1OS(=O)(=O)c1ccccc1. The van der Waals surface area contributed by atoms with Gasteiger partial charge in [0.25, 0.3) is 5.91 Å². The summed E-state index contributed by atoms with van der Waals surface area (Å²) in [6, 6.07) is 18.8. The molecule has 0 aliphatic heterocycles. The highest BCUT2D eigenvalue weighted by Gasteiger charge is 2.19. The molecule has 154 valence electrons. The number of ether oxygens (including phenoxy) is 1. The van der Waals surface area contributed by atoms with Gasteiger partial charge in [-0.15, -0.1) is 0 Å². The van der Waals surface area contributed by atoms with Crippen LogP contribution in [0, 0.1) is 0 Å². The molecule has 0 unspecified atom stereocenters. The first kappa shape index (κ1) is 21.4. The molecule has 0 heterocycles. The Kier molecular flexibility index (Phi) is 6.71. The second-order valence-corrected chi connectivity index (χ2v) is 7.95. The Morgan fingerprint density at radius 1 is 1.00 bits per heavy atom. The number of methoxy groups -OCH3 is 1. The van der Waals surface area contributed by atoms with Gasteiger partial charge in [0, 0.05) is 10.6 Å². The third-order valence-electron chi connectivity index (χ3n) is 3.89. The smallest absolute Gasteiger partial charge is 0.339 e. The summed E-state index contributed by atoms with van der Waals surface area (Å²) in [6.07, 6.45) is 1.35. The van der Waals surface area contributed by atoms with Gasteiger partial charge in [0.05, 0.1) is 13.3 Å². The van der Waals surface area contributed by atoms with Crippen LogP contribution < -0.4 is 14.3 Å². The van der Waals surface area contributed by atoms with Crippen molar-refractivity contribution in [2.45, 2.75) is 4.90 Å². The summed E-state index contributed by atoms with van der Waals surface area (Å²) < 4.78 is 35.4. The Bertz CT molecular complexity index is 1180. The minimum absolute atomic E-state index is 0.00790. The summed E-state index contributed by atoms with van der Waals surface area (Å²) in [4.78, 5) is 12.1. The van der Waals surface area contributed by atoms with E-state index in [0.29, 0.717) is 16.1 Å². The molecule has 0 radical (unpaired) electrons. The van der Waals surface area contributed by atoms with Crippen LogP contribution in [-0.4, -0.2) is 27.6 Å². The molecule has 0 aromatic heterocycles. The molecule has 9 heteroatoms. The van der Waals surface area contributed by atoms with E-state index in [0.717, 1.165) is 0 Å². The minimum atomic E-state index is -4.04. The van der Waals surface area contributed by atoms with Gasteiger partial charge in [-0.1, -0.05) is 35.9 Å². The highest BCUT2D eigenvalue weighted by atomic mass is 35.5. The van der Waals surface area contributed by atoms with Crippen molar-refractivity contribution in [1.82, 2.24) is 5.43 Å². The molecule has 0 bridgehead atoms. The maximum Gasteiger partial charge on any atom is 0.339 e. The normalized spacial score (nSPS) is 11.3. The van der Waals surface area contributed by atoms with Crippen LogP contribution in [0.25, 0.3) is 0 Å². The lowest BCUT2D eigenvalue weighted by molar-refractivity contribution is 0.0955. The first-order valence-electron chi connectivity index (χ1n) is 8.65. The summed E-state index contributed by atoms with van der Waals surface area (Å²) in [5.41, 5.74) is 3.22. The fourth-order valence-corrected chi connectivity index (χ4v) is 3.60. The summed E-state index contributed by atoms with van der Waals surface area (Å²) in [7, 11) is -2.64. The maximum absolute atomic E-state index is 12.5. The average Bonchev–Trinajstić information content (AvgIpc) is 2.74. The standard InChI is InChI=1S/C21H17ClN2O5S/c1-28-19-11-10-15(14-23-24-21(25)16-6-5-7-17(22)13-16)12-20(19)29-30(26,27)18-8-3-2-4-9-18/h2-14H,1H3,(H,24,25)/b23-14-. The Balaban J connectivity index is 1.77. The molecule has 7 nitrogen and oxygen atoms in total. The van der Waals surface area contributed by atoms with Gasteiger partial charge >= 0.3 is 10.1 Å². The number of hydrazone groups is 1. The Labute approximate surface area is 179 Å². The molecule has 0 atom stereocenters. The number of hydrogen-bond donors (Lipinski definition) is 1. The Morgan fingerprint density at radius 3 is 2.47 bits per heavy atom. The molecule has 0 saturated carbocycles. The second kappa shape index (κ2) is 9.43. The summed E-state index contributed by atoms with van der Waals surface area (Å²) >= 11 is 5.87. The van der Waals surface area contributed by atoms with Gasteiger partial charge in [-0.25, -0.2) is 5.43 Å². The average molecular weight is 445 g/mol. The molecule has 0 spiro atoms. The largest absolute Gasteiger partial charge is 0.493 e. The van der Waals surface area contributed by atoms with Gasteiger partial charge in [0.2, 0.25) is 0 Å². The first-order chi connectivity index (χ1) is 14.4. The third-order valence-corrected chi connectivity index (χ3v) is 5.37. The fourth-order valence-electron chi connectivity index (χ4n) is 2.45. The van der Waals surface area contributed by atoms with E-state index in [9.17, 15) is 13.2 Å². The molecular weight excluding hydrogens is 428 g/mol. The maximum atomic E-state index is 12.5. The van der Waals surface area contributed by atoms with Gasteiger partial charge in [0.1, 0.15) is 4.90 Å². The molecule has 3 rings (SSSR count). The molecular formula is C21H17ClN2O5S. The van der Waals surface area contributed by atoms with E-state index in [1.165, 1.54) is 43.7 Å². The van der Waals surface area contributed by atoms with Gasteiger partial charge in [-0.05, 0) is 54.1 Å². The topological polar surface area (TPSA) is 94.1 Å². The predicted octanol–water partition coefficient (Wildman–Crippen LogP) is 3.88. The molecule has 3 aromatic rings. The van der Waals surface area contributed by atoms with Crippen LogP contribution in [0.5, 0.6) is 11.5 Å². The number of hydrogen-bond acceptors (Lipinski definition) is 6. The zero-order chi connectivity index (χ0) is 21.6. The number of carbonyl (C=O) groups excluding carboxylic acids is 1. The lowest BCUT2D eigenvalue weighted by atomic mass is 10.2. The van der Waals surface area contributed by atoms with Crippen molar-refractivity contribution in [3.63, 3.8) is 0 Å². The number of carbonyl (C=O) groups is 1. The highest BCUT2D eigenvalue weighted by Crippen LogP contribution is 2.30. The molecule has 0 aliphatic rings. The fraction of sp³-hybridized carbons (Fsp3) is 0.0476. The van der Waals surface area contributed by atoms with E-state index < -0.39 is 16.0 Å². The Morgan fingerprint density at radius 2 is 1.77 bits per heavy atom. The second-order valence-electron chi connectivity index (χ2n) is 5.97. The van der Waals surface area contributed by atoms with E-state index in [-0.39, 0.29) is 16.4 Å². The molecule has 0 fully saturated rings. The van der Waals surface area contributed by atoms with Crippen molar-refractivity contribution in [2.24, 2.45) is 5.10 Å². The van der Waals surface area contributed by atoms with Crippen LogP contribution in [0.4, 0.5) is 0 Å². The van der Waals surface area contributed by atoms with Crippen LogP contribution in [0.2, 0.25) is 5.02 Å². The van der Waals surface area contributed by atoms with Crippen molar-refractivity contribution >= 4 is 33.8 Å². The number of nitrogens with zero attached hydrogens (tertiary/aromatic N) is 1. The van der Waals surface area contributed by atoms with E-state index >= 15 is 0 Å².